The van der Waals surface area contributed by atoms with Gasteiger partial charge in [-0.1, -0.05) is 71.2 Å². The molecule has 0 saturated carbocycles. The molecule has 34 heavy (non-hydrogen) atoms. The van der Waals surface area contributed by atoms with Crippen molar-refractivity contribution in [2.75, 3.05) is 0 Å². The van der Waals surface area contributed by atoms with E-state index in [1.54, 1.807) is 12.1 Å². The molecule has 0 fully saturated rings. The van der Waals surface area contributed by atoms with Crippen molar-refractivity contribution in [3.63, 3.8) is 0 Å². The van der Waals surface area contributed by atoms with E-state index in [0.717, 1.165) is 44.6 Å². The zero-order valence-electron chi connectivity index (χ0n) is 18.5. The SMILES string of the molecule is CC(=O)N1N=C(c2c(C)nc3ccccc3c2-c2ccc(Cl)cc2)CC1c1ccc(Cl)cc1Cl. The lowest BCUT2D eigenvalue weighted by Crippen LogP contribution is -2.24. The molecule has 1 atom stereocenters. The van der Waals surface area contributed by atoms with E-state index in [1.807, 2.05) is 55.5 Å². The summed E-state index contributed by atoms with van der Waals surface area (Å²) < 4.78 is 0. The van der Waals surface area contributed by atoms with Gasteiger partial charge in [0.15, 0.2) is 0 Å². The summed E-state index contributed by atoms with van der Waals surface area (Å²) in [6, 6.07) is 20.8. The summed E-state index contributed by atoms with van der Waals surface area (Å²) in [7, 11) is 0. The van der Waals surface area contributed by atoms with Crippen molar-refractivity contribution >= 4 is 57.3 Å². The van der Waals surface area contributed by atoms with Gasteiger partial charge in [0.2, 0.25) is 5.91 Å². The molecule has 1 aliphatic heterocycles. The molecule has 0 aliphatic carbocycles. The average molecular weight is 509 g/mol. The number of aromatic nitrogens is 1. The van der Waals surface area contributed by atoms with Crippen molar-refractivity contribution in [3.8, 4) is 11.1 Å². The van der Waals surface area contributed by atoms with Crippen LogP contribution in [0.5, 0.6) is 0 Å². The molecule has 3 aromatic carbocycles. The molecule has 0 N–H and O–H groups in total. The number of rotatable bonds is 3. The molecule has 1 aliphatic rings. The van der Waals surface area contributed by atoms with Crippen LogP contribution in [-0.2, 0) is 4.79 Å². The standard InChI is InChI=1S/C27H20Cl3N3O/c1-15-26(24-14-25(33(32-24)16(2)34)20-12-11-19(29)13-22(20)30)27(17-7-9-18(28)10-8-17)21-5-3-4-6-23(21)31-15/h3-13,25H,14H2,1-2H3. The van der Waals surface area contributed by atoms with Crippen LogP contribution in [0.2, 0.25) is 15.1 Å². The number of benzene rings is 3. The van der Waals surface area contributed by atoms with Crippen molar-refractivity contribution < 1.29 is 4.79 Å². The first kappa shape index (κ1) is 22.9. The Hall–Kier alpha value is -2.92. The molecule has 1 unspecified atom stereocenters. The minimum Gasteiger partial charge on any atom is -0.273 e. The van der Waals surface area contributed by atoms with Gasteiger partial charge in [0.05, 0.1) is 17.3 Å². The molecule has 2 heterocycles. The van der Waals surface area contributed by atoms with E-state index in [1.165, 1.54) is 11.9 Å². The van der Waals surface area contributed by atoms with Crippen LogP contribution in [-0.4, -0.2) is 21.6 Å². The summed E-state index contributed by atoms with van der Waals surface area (Å²) in [5.74, 6) is -0.162. The second-order valence-electron chi connectivity index (χ2n) is 8.27. The monoisotopic (exact) mass is 507 g/mol. The molecule has 0 bridgehead atoms. The van der Waals surface area contributed by atoms with Gasteiger partial charge in [-0.3, -0.25) is 9.78 Å². The Morgan fingerprint density at radius 1 is 0.941 bits per heavy atom. The van der Waals surface area contributed by atoms with Gasteiger partial charge in [-0.15, -0.1) is 0 Å². The first-order valence-corrected chi connectivity index (χ1v) is 11.9. The summed E-state index contributed by atoms with van der Waals surface area (Å²) in [6.45, 7) is 3.49. The predicted octanol–water partition coefficient (Wildman–Crippen LogP) is 7.87. The zero-order chi connectivity index (χ0) is 24.0. The number of hydrogen-bond acceptors (Lipinski definition) is 3. The predicted molar refractivity (Wildman–Crippen MR) is 140 cm³/mol. The van der Waals surface area contributed by atoms with Gasteiger partial charge >= 0.3 is 0 Å². The molecule has 170 valence electrons. The number of carbonyl (C=O) groups is 1. The van der Waals surface area contributed by atoms with Crippen LogP contribution in [0.1, 0.15) is 36.2 Å². The zero-order valence-corrected chi connectivity index (χ0v) is 20.8. The van der Waals surface area contributed by atoms with Gasteiger partial charge in [0.1, 0.15) is 0 Å². The Bertz CT molecular complexity index is 1460. The maximum Gasteiger partial charge on any atom is 0.240 e. The van der Waals surface area contributed by atoms with E-state index in [-0.39, 0.29) is 11.9 Å². The van der Waals surface area contributed by atoms with E-state index in [2.05, 4.69) is 6.07 Å². The molecule has 0 spiro atoms. The number of amides is 1. The van der Waals surface area contributed by atoms with E-state index < -0.39 is 0 Å². The van der Waals surface area contributed by atoms with Crippen LogP contribution >= 0.6 is 34.8 Å². The fourth-order valence-corrected chi connectivity index (χ4v) is 5.23. The lowest BCUT2D eigenvalue weighted by atomic mass is 9.89. The molecule has 0 radical (unpaired) electrons. The van der Waals surface area contributed by atoms with Crippen LogP contribution in [0.4, 0.5) is 0 Å². The van der Waals surface area contributed by atoms with E-state index in [9.17, 15) is 4.79 Å². The minimum atomic E-state index is -0.332. The number of hydrazone groups is 1. The molecular formula is C27H20Cl3N3O. The summed E-state index contributed by atoms with van der Waals surface area (Å²) in [6.07, 6.45) is 0.502. The summed E-state index contributed by atoms with van der Waals surface area (Å²) >= 11 is 18.8. The lowest BCUT2D eigenvalue weighted by Gasteiger charge is -2.21. The number of carbonyl (C=O) groups excluding carboxylic acids is 1. The smallest absolute Gasteiger partial charge is 0.240 e. The normalized spacial score (nSPS) is 15.6. The maximum atomic E-state index is 12.6. The number of hydrogen-bond donors (Lipinski definition) is 0. The summed E-state index contributed by atoms with van der Waals surface area (Å²) in [4.78, 5) is 17.5. The van der Waals surface area contributed by atoms with Crippen molar-refractivity contribution in [1.29, 1.82) is 0 Å². The first-order valence-electron chi connectivity index (χ1n) is 10.8. The van der Waals surface area contributed by atoms with Crippen LogP contribution in [0.25, 0.3) is 22.0 Å². The molecule has 7 heteroatoms. The highest BCUT2D eigenvalue weighted by Gasteiger charge is 2.34. The second-order valence-corrected chi connectivity index (χ2v) is 9.55. The third kappa shape index (κ3) is 4.07. The fraction of sp³-hybridized carbons (Fsp3) is 0.148. The summed E-state index contributed by atoms with van der Waals surface area (Å²) in [5.41, 5.74) is 6.27. The lowest BCUT2D eigenvalue weighted by molar-refractivity contribution is -0.130. The minimum absolute atomic E-state index is 0.162. The van der Waals surface area contributed by atoms with E-state index in [0.29, 0.717) is 21.5 Å². The van der Waals surface area contributed by atoms with Gasteiger partial charge in [-0.25, -0.2) is 5.01 Å². The average Bonchev–Trinajstić information content (AvgIpc) is 3.24. The third-order valence-electron chi connectivity index (χ3n) is 6.05. The van der Waals surface area contributed by atoms with Crippen molar-refractivity contribution in [2.45, 2.75) is 26.3 Å². The van der Waals surface area contributed by atoms with Gasteiger partial charge in [0, 0.05) is 50.6 Å². The number of aryl methyl sites for hydroxylation is 1. The molecule has 1 amide bonds. The van der Waals surface area contributed by atoms with Crippen molar-refractivity contribution in [3.05, 3.63) is 98.6 Å². The highest BCUT2D eigenvalue weighted by molar-refractivity contribution is 6.35. The van der Waals surface area contributed by atoms with E-state index >= 15 is 0 Å². The topological polar surface area (TPSA) is 45.6 Å². The van der Waals surface area contributed by atoms with Crippen LogP contribution < -0.4 is 0 Å². The number of halogens is 3. The quantitative estimate of drug-likeness (QED) is 0.283. The van der Waals surface area contributed by atoms with Crippen molar-refractivity contribution in [2.24, 2.45) is 5.10 Å². The molecule has 4 aromatic rings. The van der Waals surface area contributed by atoms with Gasteiger partial charge in [0.25, 0.3) is 0 Å². The largest absolute Gasteiger partial charge is 0.273 e. The first-order chi connectivity index (χ1) is 16.3. The van der Waals surface area contributed by atoms with Crippen LogP contribution in [0.15, 0.2) is 71.8 Å². The number of nitrogens with zero attached hydrogens (tertiary/aromatic N) is 3. The highest BCUT2D eigenvalue weighted by Crippen LogP contribution is 2.41. The third-order valence-corrected chi connectivity index (χ3v) is 6.86. The maximum absolute atomic E-state index is 12.6. The Morgan fingerprint density at radius 3 is 2.35 bits per heavy atom. The Balaban J connectivity index is 1.72. The molecule has 5 rings (SSSR count). The van der Waals surface area contributed by atoms with Crippen molar-refractivity contribution in [1.82, 2.24) is 9.99 Å². The molecule has 4 nitrogen and oxygen atoms in total. The van der Waals surface area contributed by atoms with Gasteiger partial charge < -0.3 is 0 Å². The van der Waals surface area contributed by atoms with Gasteiger partial charge in [-0.05, 0) is 48.4 Å². The van der Waals surface area contributed by atoms with Crippen LogP contribution in [0.3, 0.4) is 0 Å². The fourth-order valence-electron chi connectivity index (χ4n) is 4.57. The highest BCUT2D eigenvalue weighted by atomic mass is 35.5. The van der Waals surface area contributed by atoms with E-state index in [4.69, 9.17) is 44.9 Å². The Morgan fingerprint density at radius 2 is 1.65 bits per heavy atom. The number of para-hydroxylation sites is 1. The number of fused-ring (bicyclic) bond motifs is 1. The van der Waals surface area contributed by atoms with Crippen LogP contribution in [0, 0.1) is 6.92 Å². The number of pyridine rings is 1. The Labute approximate surface area is 212 Å². The molecule has 0 saturated heterocycles. The van der Waals surface area contributed by atoms with Gasteiger partial charge in [-0.2, -0.15) is 5.10 Å². The Kier molecular flexibility index (Phi) is 6.07. The molecular weight excluding hydrogens is 489 g/mol. The molecule has 1 aromatic heterocycles. The summed E-state index contributed by atoms with van der Waals surface area (Å²) in [5, 5.41) is 9.02. The second kappa shape index (κ2) is 9.03.